The highest BCUT2D eigenvalue weighted by atomic mass is 32.2. The van der Waals surface area contributed by atoms with Gasteiger partial charge in [-0.1, -0.05) is 23.9 Å². The summed E-state index contributed by atoms with van der Waals surface area (Å²) in [5, 5.41) is 13.2. The number of para-hydroxylation sites is 1. The second-order valence-electron chi connectivity index (χ2n) is 6.20. The fourth-order valence-corrected chi connectivity index (χ4v) is 3.61. The number of amidine groups is 1. The van der Waals surface area contributed by atoms with Crippen LogP contribution >= 0.6 is 11.8 Å². The van der Waals surface area contributed by atoms with Crippen LogP contribution in [0.4, 0.5) is 5.69 Å². The molecule has 2 N–H and O–H groups in total. The minimum absolute atomic E-state index is 0.0267. The van der Waals surface area contributed by atoms with E-state index < -0.39 is 5.25 Å². The van der Waals surface area contributed by atoms with Crippen LogP contribution in [0.1, 0.15) is 18.9 Å². The van der Waals surface area contributed by atoms with Crippen LogP contribution in [0.3, 0.4) is 0 Å². The summed E-state index contributed by atoms with van der Waals surface area (Å²) < 4.78 is 10.6. The lowest BCUT2D eigenvalue weighted by atomic mass is 10.2. The lowest BCUT2D eigenvalue weighted by Gasteiger charge is -2.08. The Labute approximate surface area is 178 Å². The van der Waals surface area contributed by atoms with Gasteiger partial charge in [0.15, 0.2) is 5.17 Å². The van der Waals surface area contributed by atoms with E-state index in [2.05, 4.69) is 20.8 Å². The molecule has 1 atom stereocenters. The molecule has 8 nitrogen and oxygen atoms in total. The summed E-state index contributed by atoms with van der Waals surface area (Å²) in [6.45, 7) is 2.48. The average molecular weight is 426 g/mol. The Bertz CT molecular complexity index is 960. The number of rotatable bonds is 8. The third-order valence-corrected chi connectivity index (χ3v) is 5.15. The molecule has 1 aliphatic rings. The third-order valence-electron chi connectivity index (χ3n) is 4.08. The smallest absolute Gasteiger partial charge is 0.240 e. The van der Waals surface area contributed by atoms with Crippen molar-refractivity contribution in [3.05, 3.63) is 54.1 Å². The van der Waals surface area contributed by atoms with Gasteiger partial charge in [0.2, 0.25) is 11.8 Å². The van der Waals surface area contributed by atoms with E-state index in [1.807, 2.05) is 31.2 Å². The highest BCUT2D eigenvalue weighted by Gasteiger charge is 2.32. The Hall–Kier alpha value is -3.33. The Morgan fingerprint density at radius 3 is 2.73 bits per heavy atom. The summed E-state index contributed by atoms with van der Waals surface area (Å²) >= 11 is 1.18. The van der Waals surface area contributed by atoms with E-state index in [0.29, 0.717) is 23.2 Å². The van der Waals surface area contributed by atoms with Crippen molar-refractivity contribution >= 4 is 40.6 Å². The van der Waals surface area contributed by atoms with Gasteiger partial charge in [-0.25, -0.2) is 0 Å². The van der Waals surface area contributed by atoms with Crippen LogP contribution in [0.5, 0.6) is 11.5 Å². The minimum atomic E-state index is -0.562. The second-order valence-corrected chi connectivity index (χ2v) is 7.39. The average Bonchev–Trinajstić information content (AvgIpc) is 3.09. The minimum Gasteiger partial charge on any atom is -0.496 e. The zero-order chi connectivity index (χ0) is 21.3. The molecule has 0 aromatic heterocycles. The summed E-state index contributed by atoms with van der Waals surface area (Å²) in [5.74, 6) is 0.878. The molecular weight excluding hydrogens is 404 g/mol. The van der Waals surface area contributed by atoms with E-state index in [0.717, 1.165) is 11.3 Å². The number of hydrogen-bond donors (Lipinski definition) is 2. The molecule has 30 heavy (non-hydrogen) atoms. The van der Waals surface area contributed by atoms with Gasteiger partial charge in [-0.3, -0.25) is 9.59 Å². The Morgan fingerprint density at radius 1 is 1.23 bits per heavy atom. The monoisotopic (exact) mass is 426 g/mol. The summed E-state index contributed by atoms with van der Waals surface area (Å²) in [4.78, 5) is 24.4. The third kappa shape index (κ3) is 5.84. The molecule has 156 valence electrons. The maximum atomic E-state index is 12.3. The van der Waals surface area contributed by atoms with E-state index >= 15 is 0 Å². The van der Waals surface area contributed by atoms with Crippen LogP contribution in [0.25, 0.3) is 0 Å². The molecule has 1 fully saturated rings. The van der Waals surface area contributed by atoms with E-state index in [4.69, 9.17) is 9.47 Å². The van der Waals surface area contributed by atoms with E-state index in [1.54, 1.807) is 37.6 Å². The molecule has 3 rings (SSSR count). The molecule has 0 spiro atoms. The largest absolute Gasteiger partial charge is 0.496 e. The van der Waals surface area contributed by atoms with E-state index in [9.17, 15) is 9.59 Å². The molecule has 2 aromatic rings. The van der Waals surface area contributed by atoms with Crippen LogP contribution in [0.2, 0.25) is 0 Å². The normalized spacial score (nSPS) is 17.2. The van der Waals surface area contributed by atoms with E-state index in [1.165, 1.54) is 11.8 Å². The SMILES string of the molecule is CCOc1ccc(NC(=O)CC2S/C(=N/N=C/c3ccccc3OC)NC2=O)cc1. The van der Waals surface area contributed by atoms with Crippen molar-refractivity contribution in [2.75, 3.05) is 19.0 Å². The predicted molar refractivity (Wildman–Crippen MR) is 118 cm³/mol. The predicted octanol–water partition coefficient (Wildman–Crippen LogP) is 3.04. The first kappa shape index (κ1) is 21.4. The van der Waals surface area contributed by atoms with Crippen LogP contribution in [-0.4, -0.2) is 42.2 Å². The molecule has 1 unspecified atom stereocenters. The first-order valence-electron chi connectivity index (χ1n) is 9.33. The number of thioether (sulfide) groups is 1. The Kier molecular flexibility index (Phi) is 7.45. The fourth-order valence-electron chi connectivity index (χ4n) is 2.68. The van der Waals surface area contributed by atoms with Gasteiger partial charge >= 0.3 is 0 Å². The summed E-state index contributed by atoms with van der Waals surface area (Å²) in [5.41, 5.74) is 1.41. The van der Waals surface area contributed by atoms with Gasteiger partial charge in [-0.15, -0.1) is 5.10 Å². The molecule has 0 saturated carbocycles. The molecule has 2 amide bonds. The number of amides is 2. The molecule has 0 radical (unpaired) electrons. The zero-order valence-corrected chi connectivity index (χ0v) is 17.4. The molecule has 0 aliphatic carbocycles. The topological polar surface area (TPSA) is 101 Å². The van der Waals surface area contributed by atoms with Crippen molar-refractivity contribution in [1.82, 2.24) is 5.32 Å². The van der Waals surface area contributed by atoms with Crippen molar-refractivity contribution in [3.8, 4) is 11.5 Å². The molecule has 2 aromatic carbocycles. The number of methoxy groups -OCH3 is 1. The van der Waals surface area contributed by atoms with Crippen molar-refractivity contribution in [2.24, 2.45) is 10.2 Å². The first-order chi connectivity index (χ1) is 14.6. The fraction of sp³-hybridized carbons (Fsp3) is 0.238. The standard InChI is InChI=1S/C21H22N4O4S/c1-3-29-16-10-8-15(9-11-16)23-19(26)12-18-20(27)24-21(30-18)25-22-13-14-6-4-5-7-17(14)28-2/h4-11,13,18H,3,12H2,1-2H3,(H,23,26)(H,24,25,27)/b22-13+. The van der Waals surface area contributed by atoms with Crippen LogP contribution in [0.15, 0.2) is 58.7 Å². The summed E-state index contributed by atoms with van der Waals surface area (Å²) in [6.07, 6.45) is 1.57. The summed E-state index contributed by atoms with van der Waals surface area (Å²) in [6, 6.07) is 14.5. The number of carbonyl (C=O) groups is 2. The van der Waals surface area contributed by atoms with Gasteiger partial charge in [0.1, 0.15) is 16.7 Å². The highest BCUT2D eigenvalue weighted by molar-refractivity contribution is 8.15. The lowest BCUT2D eigenvalue weighted by molar-refractivity contribution is -0.122. The number of carbonyl (C=O) groups excluding carboxylic acids is 2. The Morgan fingerprint density at radius 2 is 2.00 bits per heavy atom. The number of anilines is 1. The second kappa shape index (κ2) is 10.4. The highest BCUT2D eigenvalue weighted by Crippen LogP contribution is 2.24. The molecular formula is C21H22N4O4S. The maximum absolute atomic E-state index is 12.3. The summed E-state index contributed by atoms with van der Waals surface area (Å²) in [7, 11) is 1.58. The zero-order valence-electron chi connectivity index (χ0n) is 16.6. The van der Waals surface area contributed by atoms with Gasteiger partial charge in [0, 0.05) is 17.7 Å². The van der Waals surface area contributed by atoms with Gasteiger partial charge in [-0.05, 0) is 43.3 Å². The van der Waals surface area contributed by atoms with Crippen LogP contribution < -0.4 is 20.1 Å². The van der Waals surface area contributed by atoms with Crippen molar-refractivity contribution < 1.29 is 19.1 Å². The van der Waals surface area contributed by atoms with Gasteiger partial charge < -0.3 is 20.1 Å². The number of ether oxygens (including phenoxy) is 2. The lowest BCUT2D eigenvalue weighted by Crippen LogP contribution is -2.28. The maximum Gasteiger partial charge on any atom is 0.240 e. The van der Waals surface area contributed by atoms with Crippen molar-refractivity contribution in [2.45, 2.75) is 18.6 Å². The molecule has 1 aliphatic heterocycles. The van der Waals surface area contributed by atoms with Gasteiger partial charge in [0.05, 0.1) is 19.9 Å². The van der Waals surface area contributed by atoms with E-state index in [-0.39, 0.29) is 18.2 Å². The van der Waals surface area contributed by atoms with Gasteiger partial charge in [-0.2, -0.15) is 5.10 Å². The molecule has 9 heteroatoms. The van der Waals surface area contributed by atoms with Crippen molar-refractivity contribution in [3.63, 3.8) is 0 Å². The number of hydrogen-bond acceptors (Lipinski definition) is 7. The Balaban J connectivity index is 1.54. The van der Waals surface area contributed by atoms with Crippen LogP contribution in [0, 0.1) is 0 Å². The quantitative estimate of drug-likeness (QED) is 0.499. The van der Waals surface area contributed by atoms with Gasteiger partial charge in [0.25, 0.3) is 0 Å². The molecule has 0 bridgehead atoms. The molecule has 1 saturated heterocycles. The van der Waals surface area contributed by atoms with Crippen LogP contribution in [-0.2, 0) is 9.59 Å². The first-order valence-corrected chi connectivity index (χ1v) is 10.2. The number of nitrogens with zero attached hydrogens (tertiary/aromatic N) is 2. The van der Waals surface area contributed by atoms with Crippen molar-refractivity contribution in [1.29, 1.82) is 0 Å². The molecule has 1 heterocycles. The number of benzene rings is 2. The number of nitrogens with one attached hydrogen (secondary N) is 2.